The second-order valence-corrected chi connectivity index (χ2v) is 4.81. The summed E-state index contributed by atoms with van der Waals surface area (Å²) in [7, 11) is 0. The van der Waals surface area contributed by atoms with Crippen LogP contribution in [0.5, 0.6) is 0 Å². The monoisotopic (exact) mass is 287 g/mol. The van der Waals surface area contributed by atoms with Crippen LogP contribution in [-0.2, 0) is 0 Å². The van der Waals surface area contributed by atoms with Crippen molar-refractivity contribution in [2.75, 3.05) is 32.7 Å². The van der Waals surface area contributed by atoms with Gasteiger partial charge in [-0.1, -0.05) is 31.5 Å². The van der Waals surface area contributed by atoms with Gasteiger partial charge >= 0.3 is 0 Å². The van der Waals surface area contributed by atoms with Crippen LogP contribution in [0.15, 0.2) is 18.2 Å². The summed E-state index contributed by atoms with van der Waals surface area (Å²) in [5, 5.41) is 3.70. The zero-order valence-electron chi connectivity index (χ0n) is 11.6. The molecular weight excluding hydrogens is 265 g/mol. The Labute approximate surface area is 119 Å². The molecule has 1 aromatic carbocycles. The Bertz CT molecular complexity index is 363. The Morgan fingerprint density at radius 2 is 2.05 bits per heavy atom. The summed E-state index contributed by atoms with van der Waals surface area (Å²) in [6.07, 6.45) is 0. The highest BCUT2D eigenvalue weighted by molar-refractivity contribution is 6.31. The summed E-state index contributed by atoms with van der Waals surface area (Å²) >= 11 is 6.05. The first-order valence-corrected chi connectivity index (χ1v) is 7.11. The lowest BCUT2D eigenvalue weighted by Gasteiger charge is -2.22. The molecule has 0 saturated heterocycles. The molecule has 0 aromatic heterocycles. The topological polar surface area (TPSA) is 41.3 Å². The maximum absolute atomic E-state index is 13.8. The van der Waals surface area contributed by atoms with Gasteiger partial charge in [0.25, 0.3) is 0 Å². The Balaban J connectivity index is 2.63. The molecule has 1 aromatic rings. The van der Waals surface area contributed by atoms with Crippen LogP contribution in [0.4, 0.5) is 4.39 Å². The molecule has 0 amide bonds. The lowest BCUT2D eigenvalue weighted by Crippen LogP contribution is -2.36. The molecule has 0 radical (unpaired) electrons. The van der Waals surface area contributed by atoms with E-state index in [4.69, 9.17) is 17.3 Å². The molecule has 0 aliphatic rings. The first-order chi connectivity index (χ1) is 9.13. The van der Waals surface area contributed by atoms with Crippen molar-refractivity contribution in [2.24, 2.45) is 5.73 Å². The van der Waals surface area contributed by atoms with E-state index in [0.29, 0.717) is 17.1 Å². The van der Waals surface area contributed by atoms with E-state index in [2.05, 4.69) is 24.1 Å². The van der Waals surface area contributed by atoms with Crippen molar-refractivity contribution >= 4 is 11.6 Å². The molecule has 0 heterocycles. The Morgan fingerprint density at radius 1 is 1.37 bits per heavy atom. The van der Waals surface area contributed by atoms with Crippen molar-refractivity contribution in [3.05, 3.63) is 34.6 Å². The van der Waals surface area contributed by atoms with Gasteiger partial charge in [-0.15, -0.1) is 0 Å². The van der Waals surface area contributed by atoms with Crippen LogP contribution in [0.1, 0.15) is 25.5 Å². The van der Waals surface area contributed by atoms with E-state index in [9.17, 15) is 4.39 Å². The van der Waals surface area contributed by atoms with E-state index >= 15 is 0 Å². The van der Waals surface area contributed by atoms with Gasteiger partial charge in [0, 0.05) is 36.3 Å². The Hall–Kier alpha value is -0.680. The Kier molecular flexibility index (Phi) is 7.31. The van der Waals surface area contributed by atoms with Crippen molar-refractivity contribution in [1.82, 2.24) is 10.2 Å². The van der Waals surface area contributed by atoms with E-state index in [-0.39, 0.29) is 11.9 Å². The largest absolute Gasteiger partial charge is 0.329 e. The number of hydrogen-bond acceptors (Lipinski definition) is 3. The normalized spacial score (nSPS) is 12.9. The van der Waals surface area contributed by atoms with Crippen molar-refractivity contribution in [1.29, 1.82) is 0 Å². The predicted octanol–water partition coefficient (Wildman–Crippen LogP) is 2.41. The van der Waals surface area contributed by atoms with Crippen LogP contribution in [0.3, 0.4) is 0 Å². The van der Waals surface area contributed by atoms with Gasteiger partial charge in [-0.3, -0.25) is 0 Å². The molecule has 0 saturated carbocycles. The third kappa shape index (κ3) is 4.73. The number of halogens is 2. The standard InChI is InChI=1S/C14H23ClFN3/c1-3-19(4-2)9-8-18-13(10-17)14-11(15)6-5-7-12(14)16/h5-7,13,18H,3-4,8-10,17H2,1-2H3. The van der Waals surface area contributed by atoms with Crippen molar-refractivity contribution in [2.45, 2.75) is 19.9 Å². The number of nitrogens with two attached hydrogens (primary N) is 1. The molecular formula is C14H23ClFN3. The molecule has 3 nitrogen and oxygen atoms in total. The fourth-order valence-corrected chi connectivity index (χ4v) is 2.38. The maximum Gasteiger partial charge on any atom is 0.129 e. The molecule has 0 aliphatic carbocycles. The minimum atomic E-state index is -0.307. The molecule has 108 valence electrons. The number of rotatable bonds is 8. The lowest BCUT2D eigenvalue weighted by atomic mass is 10.1. The number of nitrogens with one attached hydrogen (secondary N) is 1. The number of benzene rings is 1. The first-order valence-electron chi connectivity index (χ1n) is 6.73. The number of nitrogens with zero attached hydrogens (tertiary/aromatic N) is 1. The first kappa shape index (κ1) is 16.4. The van der Waals surface area contributed by atoms with Crippen LogP contribution >= 0.6 is 11.6 Å². The van der Waals surface area contributed by atoms with Crippen LogP contribution in [0.25, 0.3) is 0 Å². The highest BCUT2D eigenvalue weighted by Crippen LogP contribution is 2.25. The van der Waals surface area contributed by atoms with Gasteiger partial charge in [0.05, 0.1) is 0 Å². The van der Waals surface area contributed by atoms with Gasteiger partial charge in [0.1, 0.15) is 5.82 Å². The number of hydrogen-bond donors (Lipinski definition) is 2. The molecule has 19 heavy (non-hydrogen) atoms. The highest BCUT2D eigenvalue weighted by atomic mass is 35.5. The zero-order valence-corrected chi connectivity index (χ0v) is 12.4. The Morgan fingerprint density at radius 3 is 2.58 bits per heavy atom. The average molecular weight is 288 g/mol. The smallest absolute Gasteiger partial charge is 0.129 e. The molecule has 0 aliphatic heterocycles. The summed E-state index contributed by atoms with van der Waals surface area (Å²) < 4.78 is 13.8. The molecule has 0 bridgehead atoms. The number of likely N-dealkylation sites (N-methyl/N-ethyl adjacent to an activating group) is 1. The van der Waals surface area contributed by atoms with E-state index in [1.165, 1.54) is 6.07 Å². The third-order valence-electron chi connectivity index (χ3n) is 3.30. The van der Waals surface area contributed by atoms with E-state index < -0.39 is 0 Å². The fourth-order valence-electron chi connectivity index (χ4n) is 2.08. The quantitative estimate of drug-likeness (QED) is 0.771. The summed E-state index contributed by atoms with van der Waals surface area (Å²) in [5.41, 5.74) is 6.19. The SMILES string of the molecule is CCN(CC)CCNC(CN)c1c(F)cccc1Cl. The van der Waals surface area contributed by atoms with Crippen LogP contribution in [0, 0.1) is 5.82 Å². The molecule has 0 spiro atoms. The molecule has 1 atom stereocenters. The third-order valence-corrected chi connectivity index (χ3v) is 3.63. The van der Waals surface area contributed by atoms with Gasteiger partial charge in [0.15, 0.2) is 0 Å². The molecule has 3 N–H and O–H groups in total. The van der Waals surface area contributed by atoms with Crippen molar-refractivity contribution in [3.8, 4) is 0 Å². The van der Waals surface area contributed by atoms with Gasteiger partial charge in [-0.2, -0.15) is 0 Å². The zero-order chi connectivity index (χ0) is 14.3. The minimum Gasteiger partial charge on any atom is -0.329 e. The van der Waals surface area contributed by atoms with Gasteiger partial charge < -0.3 is 16.0 Å². The average Bonchev–Trinajstić information content (AvgIpc) is 2.41. The lowest BCUT2D eigenvalue weighted by molar-refractivity contribution is 0.296. The predicted molar refractivity (Wildman–Crippen MR) is 79.0 cm³/mol. The van der Waals surface area contributed by atoms with Gasteiger partial charge in [0.2, 0.25) is 0 Å². The van der Waals surface area contributed by atoms with Crippen LogP contribution < -0.4 is 11.1 Å². The van der Waals surface area contributed by atoms with E-state index in [1.54, 1.807) is 12.1 Å². The summed E-state index contributed by atoms with van der Waals surface area (Å²) in [6.45, 7) is 8.25. The van der Waals surface area contributed by atoms with Crippen LogP contribution in [-0.4, -0.2) is 37.6 Å². The van der Waals surface area contributed by atoms with Gasteiger partial charge in [-0.25, -0.2) is 4.39 Å². The second-order valence-electron chi connectivity index (χ2n) is 4.40. The van der Waals surface area contributed by atoms with E-state index in [1.807, 2.05) is 0 Å². The summed E-state index contributed by atoms with van der Waals surface area (Å²) in [6, 6.07) is 4.46. The highest BCUT2D eigenvalue weighted by Gasteiger charge is 2.17. The minimum absolute atomic E-state index is 0.246. The molecule has 1 unspecified atom stereocenters. The van der Waals surface area contributed by atoms with E-state index in [0.717, 1.165) is 26.2 Å². The summed E-state index contributed by atoms with van der Waals surface area (Å²) in [4.78, 5) is 2.30. The summed E-state index contributed by atoms with van der Waals surface area (Å²) in [5.74, 6) is -0.307. The maximum atomic E-state index is 13.8. The molecule has 5 heteroatoms. The second kappa shape index (κ2) is 8.48. The molecule has 0 fully saturated rings. The van der Waals surface area contributed by atoms with Crippen molar-refractivity contribution in [3.63, 3.8) is 0 Å². The van der Waals surface area contributed by atoms with Crippen LogP contribution in [0.2, 0.25) is 5.02 Å². The van der Waals surface area contributed by atoms with Crippen molar-refractivity contribution < 1.29 is 4.39 Å². The fraction of sp³-hybridized carbons (Fsp3) is 0.571. The molecule has 1 rings (SSSR count). The van der Waals surface area contributed by atoms with Gasteiger partial charge in [-0.05, 0) is 25.2 Å².